The van der Waals surface area contributed by atoms with Gasteiger partial charge < -0.3 is 15.4 Å². The Morgan fingerprint density at radius 3 is 1.15 bits per heavy atom. The van der Waals surface area contributed by atoms with E-state index in [-0.39, 0.29) is 12.8 Å². The predicted molar refractivity (Wildman–Crippen MR) is 236 cm³/mol. The minimum absolute atomic E-state index is 0.0983. The van der Waals surface area contributed by atoms with Crippen molar-refractivity contribution in [3.8, 4) is 0 Å². The van der Waals surface area contributed by atoms with Crippen LogP contribution in [-0.2, 0) is 33.5 Å². The largest absolute Gasteiger partial charge is 0.480 e. The van der Waals surface area contributed by atoms with E-state index < -0.39 is 35.0 Å². The number of hydrogen-bond acceptors (Lipinski definition) is 4. The summed E-state index contributed by atoms with van der Waals surface area (Å²) in [5, 5.41) is 13.9. The number of rotatable bonds is 16. The van der Waals surface area contributed by atoms with Gasteiger partial charge in [0.2, 0.25) is 5.91 Å². The summed E-state index contributed by atoms with van der Waals surface area (Å²) in [6.45, 7) is 0. The van der Waals surface area contributed by atoms with Crippen LogP contribution in [0.2, 0.25) is 0 Å². The van der Waals surface area contributed by atoms with Crippen LogP contribution in [0.15, 0.2) is 225 Å². The number of hydrogen-bond donors (Lipinski definition) is 3. The van der Waals surface area contributed by atoms with Gasteiger partial charge in [-0.1, -0.05) is 212 Å². The van der Waals surface area contributed by atoms with Crippen LogP contribution < -0.4 is 5.32 Å². The molecule has 0 radical (unpaired) electrons. The molecule has 7 aromatic carbocycles. The highest BCUT2D eigenvalue weighted by molar-refractivity contribution is 5.88. The Balaban J connectivity index is 1.55. The number of aliphatic carboxylic acids is 1. The maximum Gasteiger partial charge on any atom is 0.326 e. The van der Waals surface area contributed by atoms with Crippen molar-refractivity contribution < 1.29 is 14.7 Å². The lowest BCUT2D eigenvalue weighted by Gasteiger charge is -2.58. The predicted octanol–water partition coefficient (Wildman–Crippen LogP) is 9.42. The van der Waals surface area contributed by atoms with Gasteiger partial charge in [-0.05, 0) is 38.9 Å². The number of carbonyl (C=O) groups is 2. The Bertz CT molecular complexity index is 2240. The summed E-state index contributed by atoms with van der Waals surface area (Å²) in [6.07, 6.45) is 3.59. The summed E-state index contributed by atoms with van der Waals surface area (Å²) in [7, 11) is 0. The number of nitrogens with zero attached hydrogens (tertiary/aromatic N) is 2. The van der Waals surface area contributed by atoms with Gasteiger partial charge in [-0.2, -0.15) is 0 Å². The number of H-pyrrole nitrogens is 1. The molecule has 0 unspecified atom stereocenters. The lowest BCUT2D eigenvalue weighted by Crippen LogP contribution is -2.67. The van der Waals surface area contributed by atoms with Crippen molar-refractivity contribution in [2.45, 2.75) is 36.0 Å². The standard InChI is InChI=1S/C53H46N4O3/c58-50(56-48(51(59)60)36-40-22-8-1-9-23-40)49(37-47-38-54-39-55-47)57(52(41-24-10-2-11-25-41,42-26-12-3-13-27-42)43-28-14-4-15-29-43)53(44-30-16-5-17-31-44,45-32-18-6-19-33-45)46-34-20-7-21-35-46/h1-35,38-39,48-49H,36-37H2,(H,54,55)(H,56,58)(H,59,60)/t48-,49-/m0/s1. The maximum absolute atomic E-state index is 16.0. The van der Waals surface area contributed by atoms with E-state index >= 15 is 4.79 Å². The molecule has 0 saturated carbocycles. The number of aromatic amines is 1. The van der Waals surface area contributed by atoms with Crippen LogP contribution in [0.1, 0.15) is 44.6 Å². The fourth-order valence-corrected chi connectivity index (χ4v) is 8.85. The van der Waals surface area contributed by atoms with Gasteiger partial charge in [0.15, 0.2) is 0 Å². The molecule has 296 valence electrons. The van der Waals surface area contributed by atoms with Gasteiger partial charge in [0.25, 0.3) is 0 Å². The molecular formula is C53H46N4O3. The molecular weight excluding hydrogens is 741 g/mol. The monoisotopic (exact) mass is 786 g/mol. The highest BCUT2D eigenvalue weighted by Crippen LogP contribution is 2.55. The number of benzene rings is 7. The summed E-state index contributed by atoms with van der Waals surface area (Å²) < 4.78 is 0. The summed E-state index contributed by atoms with van der Waals surface area (Å²) in [6, 6.07) is 69.0. The zero-order chi connectivity index (χ0) is 41.2. The van der Waals surface area contributed by atoms with Crippen molar-refractivity contribution in [1.29, 1.82) is 0 Å². The van der Waals surface area contributed by atoms with Crippen molar-refractivity contribution in [3.05, 3.63) is 269 Å². The number of amides is 1. The minimum atomic E-state index is -1.23. The van der Waals surface area contributed by atoms with Crippen LogP contribution in [0.25, 0.3) is 0 Å². The summed E-state index contributed by atoms with van der Waals surface area (Å²) in [5.74, 6) is -1.58. The normalized spacial score (nSPS) is 12.7. The molecule has 0 bridgehead atoms. The molecule has 1 aromatic heterocycles. The zero-order valence-electron chi connectivity index (χ0n) is 33.1. The number of aromatic nitrogens is 2. The second kappa shape index (κ2) is 18.1. The molecule has 8 rings (SSSR count). The minimum Gasteiger partial charge on any atom is -0.480 e. The van der Waals surface area contributed by atoms with Crippen LogP contribution in [0, 0.1) is 0 Å². The van der Waals surface area contributed by atoms with Crippen molar-refractivity contribution in [3.63, 3.8) is 0 Å². The topological polar surface area (TPSA) is 98.3 Å². The fraction of sp³-hybridized carbons (Fsp3) is 0.113. The van der Waals surface area contributed by atoms with Crippen molar-refractivity contribution in [2.24, 2.45) is 0 Å². The molecule has 0 fully saturated rings. The highest BCUT2D eigenvalue weighted by atomic mass is 16.4. The Hall–Kier alpha value is -7.35. The summed E-state index contributed by atoms with van der Waals surface area (Å²) >= 11 is 0. The maximum atomic E-state index is 16.0. The number of imidazole rings is 1. The molecule has 2 atom stereocenters. The Morgan fingerprint density at radius 2 is 0.850 bits per heavy atom. The third-order valence-corrected chi connectivity index (χ3v) is 11.4. The van der Waals surface area contributed by atoms with Crippen LogP contribution >= 0.6 is 0 Å². The van der Waals surface area contributed by atoms with Crippen LogP contribution in [0.3, 0.4) is 0 Å². The van der Waals surface area contributed by atoms with Gasteiger partial charge >= 0.3 is 5.97 Å². The highest BCUT2D eigenvalue weighted by Gasteiger charge is 2.58. The van der Waals surface area contributed by atoms with Gasteiger partial charge in [-0.25, -0.2) is 9.78 Å². The van der Waals surface area contributed by atoms with Crippen LogP contribution in [0.4, 0.5) is 0 Å². The first-order chi connectivity index (χ1) is 29.5. The van der Waals surface area contributed by atoms with Crippen LogP contribution in [0.5, 0.6) is 0 Å². The van der Waals surface area contributed by atoms with Gasteiger partial charge in [-0.3, -0.25) is 9.69 Å². The molecule has 7 nitrogen and oxygen atoms in total. The summed E-state index contributed by atoms with van der Waals surface area (Å²) in [5.41, 5.74) is 4.52. The molecule has 8 aromatic rings. The van der Waals surface area contributed by atoms with Gasteiger partial charge in [0.1, 0.15) is 6.04 Å². The van der Waals surface area contributed by atoms with Crippen molar-refractivity contribution >= 4 is 11.9 Å². The number of carboxylic acid groups (broad SMARTS) is 1. The molecule has 3 N–H and O–H groups in total. The lowest BCUT2D eigenvalue weighted by atomic mass is 9.66. The molecule has 0 aliphatic heterocycles. The van der Waals surface area contributed by atoms with E-state index in [4.69, 9.17) is 0 Å². The molecule has 1 amide bonds. The van der Waals surface area contributed by atoms with E-state index in [1.54, 1.807) is 12.5 Å². The Labute approximate surface area is 351 Å². The fourth-order valence-electron chi connectivity index (χ4n) is 8.85. The van der Waals surface area contributed by atoms with E-state index in [0.29, 0.717) is 5.69 Å². The first kappa shape index (κ1) is 39.5. The Kier molecular flexibility index (Phi) is 11.9. The third-order valence-electron chi connectivity index (χ3n) is 11.4. The number of carboxylic acids is 1. The van der Waals surface area contributed by atoms with Gasteiger partial charge in [-0.15, -0.1) is 0 Å². The molecule has 7 heteroatoms. The summed E-state index contributed by atoms with van der Waals surface area (Å²) in [4.78, 5) is 39.3. The van der Waals surface area contributed by atoms with E-state index in [1.807, 2.05) is 140 Å². The SMILES string of the molecule is O=C(O)[C@H](Cc1ccccc1)NC(=O)[C@H](Cc1cnc[nH]1)N(C(c1ccccc1)(c1ccccc1)c1ccccc1)C(c1ccccc1)(c1ccccc1)c1ccccc1. The molecule has 0 aliphatic rings. The molecule has 60 heavy (non-hydrogen) atoms. The molecule has 0 aliphatic carbocycles. The van der Waals surface area contributed by atoms with Crippen LogP contribution in [-0.4, -0.2) is 43.9 Å². The van der Waals surface area contributed by atoms with E-state index in [2.05, 4.69) is 93.0 Å². The molecule has 1 heterocycles. The second-order valence-corrected chi connectivity index (χ2v) is 14.9. The number of nitrogens with one attached hydrogen (secondary N) is 2. The quantitative estimate of drug-likeness (QED) is 0.0849. The van der Waals surface area contributed by atoms with Crippen molar-refractivity contribution in [1.82, 2.24) is 20.2 Å². The van der Waals surface area contributed by atoms with E-state index in [1.165, 1.54) is 0 Å². The second-order valence-electron chi connectivity index (χ2n) is 14.9. The van der Waals surface area contributed by atoms with Crippen molar-refractivity contribution in [2.75, 3.05) is 0 Å². The Morgan fingerprint density at radius 1 is 0.517 bits per heavy atom. The molecule has 0 saturated heterocycles. The van der Waals surface area contributed by atoms with Gasteiger partial charge in [0, 0.05) is 24.7 Å². The van der Waals surface area contributed by atoms with E-state index in [9.17, 15) is 9.90 Å². The van der Waals surface area contributed by atoms with Gasteiger partial charge in [0.05, 0.1) is 23.4 Å². The number of carbonyl (C=O) groups excluding carboxylic acids is 1. The zero-order valence-corrected chi connectivity index (χ0v) is 33.1. The lowest BCUT2D eigenvalue weighted by molar-refractivity contribution is -0.144. The smallest absolute Gasteiger partial charge is 0.326 e. The van der Waals surface area contributed by atoms with E-state index in [0.717, 1.165) is 38.9 Å². The average molecular weight is 787 g/mol. The first-order valence-corrected chi connectivity index (χ1v) is 20.2. The third kappa shape index (κ3) is 7.66. The average Bonchev–Trinajstić information content (AvgIpc) is 3.84. The first-order valence-electron chi connectivity index (χ1n) is 20.2. The molecule has 0 spiro atoms.